The summed E-state index contributed by atoms with van der Waals surface area (Å²) >= 11 is 4.86. The van der Waals surface area contributed by atoms with Crippen LogP contribution in [-0.2, 0) is 34.4 Å². The molecule has 34 heavy (non-hydrogen) atoms. The molecule has 9 nitrogen and oxygen atoms in total. The largest absolute Gasteiger partial charge is 0.465 e. The highest BCUT2D eigenvalue weighted by Crippen LogP contribution is 2.17. The third kappa shape index (κ3) is 13.0. The Hall–Kier alpha value is -2.11. The number of carbonyl (C=O) groups excluding carboxylic acids is 4. The molecule has 11 heteroatoms. The smallest absolute Gasteiger partial charge is 0.325 e. The van der Waals surface area contributed by atoms with Crippen LogP contribution in [-0.4, -0.2) is 61.3 Å². The molecule has 0 fully saturated rings. The molecule has 0 aliphatic heterocycles. The van der Waals surface area contributed by atoms with Crippen molar-refractivity contribution in [2.75, 3.05) is 25.5 Å². The van der Waals surface area contributed by atoms with Crippen molar-refractivity contribution in [3.05, 3.63) is 34.3 Å². The van der Waals surface area contributed by atoms with Gasteiger partial charge in [-0.15, -0.1) is 0 Å². The molecule has 1 rings (SSSR count). The quantitative estimate of drug-likeness (QED) is 0.262. The van der Waals surface area contributed by atoms with Crippen LogP contribution in [0.1, 0.15) is 45.1 Å². The monoisotopic (exact) mass is 559 g/mol. The van der Waals surface area contributed by atoms with Crippen molar-refractivity contribution in [1.82, 2.24) is 10.6 Å². The molecule has 2 atom stereocenters. The van der Waals surface area contributed by atoms with Crippen molar-refractivity contribution in [3.63, 3.8) is 0 Å². The van der Waals surface area contributed by atoms with Gasteiger partial charge in [-0.25, -0.2) is 0 Å². The number of nitrogens with two attached hydrogens (primary N) is 1. The van der Waals surface area contributed by atoms with E-state index in [-0.39, 0.29) is 32.6 Å². The molecule has 4 N–H and O–H groups in total. The summed E-state index contributed by atoms with van der Waals surface area (Å²) in [6.07, 6.45) is 1.42. The van der Waals surface area contributed by atoms with Crippen LogP contribution < -0.4 is 16.4 Å². The molecule has 0 aliphatic carbocycles. The van der Waals surface area contributed by atoms with E-state index < -0.39 is 35.8 Å². The molecule has 0 heterocycles. The van der Waals surface area contributed by atoms with E-state index in [4.69, 9.17) is 15.2 Å². The Morgan fingerprint density at radius 3 is 2.35 bits per heavy atom. The number of hydrogen-bond acceptors (Lipinski definition) is 8. The van der Waals surface area contributed by atoms with Crippen molar-refractivity contribution in [2.24, 2.45) is 5.73 Å². The zero-order chi connectivity index (χ0) is 25.3. The maximum Gasteiger partial charge on any atom is 0.325 e. The molecular formula is C23H34BrN3O6S. The van der Waals surface area contributed by atoms with Crippen LogP contribution >= 0.6 is 27.7 Å². The van der Waals surface area contributed by atoms with Crippen molar-refractivity contribution >= 4 is 51.4 Å². The molecule has 0 aromatic heterocycles. The van der Waals surface area contributed by atoms with Gasteiger partial charge in [0.2, 0.25) is 11.8 Å². The number of benzene rings is 1. The Morgan fingerprint density at radius 2 is 1.71 bits per heavy atom. The summed E-state index contributed by atoms with van der Waals surface area (Å²) in [6, 6.07) is 6.01. The molecule has 0 spiro atoms. The van der Waals surface area contributed by atoms with Gasteiger partial charge >= 0.3 is 11.9 Å². The fourth-order valence-corrected chi connectivity index (χ4v) is 3.87. The third-order valence-corrected chi connectivity index (χ3v) is 6.06. The number of carbonyl (C=O) groups is 4. The van der Waals surface area contributed by atoms with Gasteiger partial charge in [0.05, 0.1) is 13.2 Å². The zero-order valence-electron chi connectivity index (χ0n) is 19.6. The van der Waals surface area contributed by atoms with E-state index in [1.807, 2.05) is 38.1 Å². The van der Waals surface area contributed by atoms with Gasteiger partial charge in [-0.2, -0.15) is 11.8 Å². The number of esters is 2. The summed E-state index contributed by atoms with van der Waals surface area (Å²) in [5.41, 5.74) is 6.85. The number of ether oxygens (including phenoxy) is 2. The van der Waals surface area contributed by atoms with E-state index >= 15 is 0 Å². The second-order valence-electron chi connectivity index (χ2n) is 7.51. The lowest BCUT2D eigenvalue weighted by Gasteiger charge is -2.19. The molecule has 1 aromatic carbocycles. The first kappa shape index (κ1) is 29.9. The number of rotatable bonds is 16. The van der Waals surface area contributed by atoms with Crippen molar-refractivity contribution in [2.45, 2.75) is 57.4 Å². The standard InChI is InChI=1S/C23H34BrN3O6S/c1-3-11-32-21(29)13-26-22(30)19(15-34-14-16-5-7-17(24)8-6-16)27-20(28)10-9-18(25)23(31)33-12-4-2/h5-8,18-19H,3-4,9-15,25H2,1-2H3,(H,26,30)(H,27,28)/t18-,19-/m0/s1. The van der Waals surface area contributed by atoms with Gasteiger partial charge in [0, 0.05) is 22.4 Å². The van der Waals surface area contributed by atoms with Gasteiger partial charge in [0.25, 0.3) is 0 Å². The predicted molar refractivity (Wildman–Crippen MR) is 135 cm³/mol. The van der Waals surface area contributed by atoms with Crippen LogP contribution in [0.25, 0.3) is 0 Å². The maximum atomic E-state index is 12.7. The number of nitrogens with one attached hydrogen (secondary N) is 2. The van der Waals surface area contributed by atoms with Crippen LogP contribution in [0.5, 0.6) is 0 Å². The summed E-state index contributed by atoms with van der Waals surface area (Å²) in [4.78, 5) is 48.6. The summed E-state index contributed by atoms with van der Waals surface area (Å²) in [6.45, 7) is 4.01. The van der Waals surface area contributed by atoms with E-state index in [1.165, 1.54) is 11.8 Å². The summed E-state index contributed by atoms with van der Waals surface area (Å²) < 4.78 is 10.9. The van der Waals surface area contributed by atoms with Gasteiger partial charge in [0.1, 0.15) is 18.6 Å². The predicted octanol–water partition coefficient (Wildman–Crippen LogP) is 2.30. The number of amides is 2. The first-order valence-electron chi connectivity index (χ1n) is 11.2. The zero-order valence-corrected chi connectivity index (χ0v) is 22.0. The van der Waals surface area contributed by atoms with Gasteiger partial charge in [-0.05, 0) is 37.0 Å². The first-order chi connectivity index (χ1) is 16.3. The number of thioether (sulfide) groups is 1. The minimum absolute atomic E-state index is 0.0396. The highest BCUT2D eigenvalue weighted by molar-refractivity contribution is 9.10. The van der Waals surface area contributed by atoms with Crippen LogP contribution in [0.4, 0.5) is 0 Å². The fourth-order valence-electron chi connectivity index (χ4n) is 2.59. The Kier molecular flexibility index (Phi) is 15.3. The molecule has 0 saturated heterocycles. The lowest BCUT2D eigenvalue weighted by atomic mass is 10.1. The molecule has 0 radical (unpaired) electrons. The minimum atomic E-state index is -0.912. The average molecular weight is 561 g/mol. The normalized spacial score (nSPS) is 12.4. The molecule has 0 unspecified atom stereocenters. The van der Waals surface area contributed by atoms with E-state index in [1.54, 1.807) is 0 Å². The lowest BCUT2D eigenvalue weighted by molar-refractivity contribution is -0.145. The van der Waals surface area contributed by atoms with Gasteiger partial charge < -0.3 is 25.8 Å². The summed E-state index contributed by atoms with van der Waals surface area (Å²) in [5, 5.41) is 5.19. The fraction of sp³-hybridized carbons (Fsp3) is 0.565. The second kappa shape index (κ2) is 17.3. The summed E-state index contributed by atoms with van der Waals surface area (Å²) in [5.74, 6) is -1.07. The molecule has 1 aromatic rings. The maximum absolute atomic E-state index is 12.7. The van der Waals surface area contributed by atoms with Gasteiger partial charge in [-0.1, -0.05) is 41.9 Å². The van der Waals surface area contributed by atoms with Gasteiger partial charge in [0.15, 0.2) is 0 Å². The Labute approximate surface area is 213 Å². The Balaban J connectivity index is 2.62. The van der Waals surface area contributed by atoms with Gasteiger partial charge in [-0.3, -0.25) is 19.2 Å². The van der Waals surface area contributed by atoms with Crippen molar-refractivity contribution < 1.29 is 28.7 Å². The highest BCUT2D eigenvalue weighted by Gasteiger charge is 2.23. The molecule has 0 saturated carbocycles. The summed E-state index contributed by atoms with van der Waals surface area (Å²) in [7, 11) is 0. The highest BCUT2D eigenvalue weighted by atomic mass is 79.9. The van der Waals surface area contributed by atoms with E-state index in [0.29, 0.717) is 24.3 Å². The van der Waals surface area contributed by atoms with Crippen LogP contribution in [0.2, 0.25) is 0 Å². The first-order valence-corrected chi connectivity index (χ1v) is 13.2. The second-order valence-corrected chi connectivity index (χ2v) is 9.46. The van der Waals surface area contributed by atoms with Crippen molar-refractivity contribution in [1.29, 1.82) is 0 Å². The van der Waals surface area contributed by atoms with Crippen molar-refractivity contribution in [3.8, 4) is 0 Å². The van der Waals surface area contributed by atoms with Crippen LogP contribution in [0.15, 0.2) is 28.7 Å². The SMILES string of the molecule is CCCOC(=O)CNC(=O)[C@H](CSCc1ccc(Br)cc1)NC(=O)CC[C@H](N)C(=O)OCCC. The topological polar surface area (TPSA) is 137 Å². The minimum Gasteiger partial charge on any atom is -0.465 e. The number of hydrogen-bond donors (Lipinski definition) is 3. The van der Waals surface area contributed by atoms with E-state index in [2.05, 4.69) is 26.6 Å². The Bertz CT molecular complexity index is 793. The van der Waals surface area contributed by atoms with Crippen LogP contribution in [0.3, 0.4) is 0 Å². The third-order valence-electron chi connectivity index (χ3n) is 4.43. The Morgan fingerprint density at radius 1 is 1.06 bits per heavy atom. The molecular weight excluding hydrogens is 526 g/mol. The van der Waals surface area contributed by atoms with E-state index in [9.17, 15) is 19.2 Å². The van der Waals surface area contributed by atoms with E-state index in [0.717, 1.165) is 10.0 Å². The average Bonchev–Trinajstić information content (AvgIpc) is 2.83. The molecule has 0 aliphatic rings. The van der Waals surface area contributed by atoms with Crippen LogP contribution in [0, 0.1) is 0 Å². The lowest BCUT2D eigenvalue weighted by Crippen LogP contribution is -2.49. The number of halogens is 1. The molecule has 2 amide bonds. The molecule has 0 bridgehead atoms. The molecule has 190 valence electrons.